The number of hydrogen-bond donors (Lipinski definition) is 1. The van der Waals surface area contributed by atoms with Crippen molar-refractivity contribution in [1.29, 1.82) is 0 Å². The number of pyridine rings is 1. The Balaban J connectivity index is 2.85. The molecule has 2 rings (SSSR count). The second-order valence-corrected chi connectivity index (χ2v) is 4.21. The Hall–Kier alpha value is -1.78. The van der Waals surface area contributed by atoms with E-state index in [9.17, 15) is 13.2 Å². The number of rotatable bonds is 1. The van der Waals surface area contributed by atoms with Crippen molar-refractivity contribution in [2.24, 2.45) is 0 Å². The summed E-state index contributed by atoms with van der Waals surface area (Å²) in [7, 11) is 1.60. The molecule has 0 aliphatic rings. The third kappa shape index (κ3) is 2.00. The normalized spacial score (nSPS) is 11.9. The summed E-state index contributed by atoms with van der Waals surface area (Å²) >= 11 is 0. The highest BCUT2D eigenvalue weighted by atomic mass is 19.4. The van der Waals surface area contributed by atoms with Crippen LogP contribution in [0.25, 0.3) is 10.9 Å². The van der Waals surface area contributed by atoms with Crippen LogP contribution in [-0.4, -0.2) is 12.0 Å². The van der Waals surface area contributed by atoms with Crippen molar-refractivity contribution >= 4 is 16.6 Å². The average molecular weight is 254 g/mol. The summed E-state index contributed by atoms with van der Waals surface area (Å²) in [5.74, 6) is 0. The van der Waals surface area contributed by atoms with Gasteiger partial charge in [-0.1, -0.05) is 12.1 Å². The molecule has 96 valence electrons. The first-order valence-electron chi connectivity index (χ1n) is 5.50. The molecule has 0 bridgehead atoms. The summed E-state index contributed by atoms with van der Waals surface area (Å²) in [6.07, 6.45) is -4.43. The number of benzene rings is 1. The quantitative estimate of drug-likeness (QED) is 0.834. The largest absolute Gasteiger partial charge is 0.433 e. The summed E-state index contributed by atoms with van der Waals surface area (Å²) in [6, 6.07) is 4.71. The van der Waals surface area contributed by atoms with Crippen molar-refractivity contribution in [3.8, 4) is 0 Å². The first kappa shape index (κ1) is 12.7. The van der Waals surface area contributed by atoms with Crippen LogP contribution in [0.3, 0.4) is 0 Å². The molecule has 2 nitrogen and oxygen atoms in total. The molecule has 0 unspecified atom stereocenters. The number of nitrogens with zero attached hydrogens (tertiary/aromatic N) is 1. The van der Waals surface area contributed by atoms with E-state index in [0.29, 0.717) is 16.6 Å². The number of nitrogens with one attached hydrogen (secondary N) is 1. The third-order valence-electron chi connectivity index (χ3n) is 3.07. The zero-order chi connectivity index (χ0) is 13.5. The lowest BCUT2D eigenvalue weighted by atomic mass is 10.0. The second kappa shape index (κ2) is 4.15. The van der Waals surface area contributed by atoms with Gasteiger partial charge in [0.25, 0.3) is 0 Å². The van der Waals surface area contributed by atoms with E-state index >= 15 is 0 Å². The Morgan fingerprint density at radius 3 is 2.39 bits per heavy atom. The van der Waals surface area contributed by atoms with Crippen LogP contribution in [0.1, 0.15) is 16.8 Å². The lowest BCUT2D eigenvalue weighted by Crippen LogP contribution is -2.09. The molecule has 5 heteroatoms. The maximum atomic E-state index is 12.8. The maximum absolute atomic E-state index is 12.8. The zero-order valence-electron chi connectivity index (χ0n) is 10.3. The summed E-state index contributed by atoms with van der Waals surface area (Å²) in [4.78, 5) is 3.75. The van der Waals surface area contributed by atoms with Gasteiger partial charge in [0.05, 0.1) is 5.52 Å². The van der Waals surface area contributed by atoms with Gasteiger partial charge in [-0.3, -0.25) is 0 Å². The standard InChI is InChI=1S/C13H13F3N2/c1-7-4-5-9-10(17-3)6-11(13(14,15)16)18-12(9)8(7)2/h4-6H,1-3H3,(H,17,18). The molecule has 0 amide bonds. The van der Waals surface area contributed by atoms with Gasteiger partial charge >= 0.3 is 6.18 Å². The molecule has 0 aliphatic carbocycles. The maximum Gasteiger partial charge on any atom is 0.433 e. The highest BCUT2D eigenvalue weighted by Gasteiger charge is 2.33. The Morgan fingerprint density at radius 2 is 1.83 bits per heavy atom. The number of alkyl halides is 3. The van der Waals surface area contributed by atoms with Crippen LogP contribution in [0.2, 0.25) is 0 Å². The molecule has 0 saturated heterocycles. The number of fused-ring (bicyclic) bond motifs is 1. The molecule has 1 heterocycles. The minimum Gasteiger partial charge on any atom is -0.388 e. The van der Waals surface area contributed by atoms with E-state index in [0.717, 1.165) is 17.2 Å². The molecular formula is C13H13F3N2. The number of halogens is 3. The molecule has 1 aromatic carbocycles. The fourth-order valence-electron chi connectivity index (χ4n) is 1.88. The van der Waals surface area contributed by atoms with Crippen LogP contribution < -0.4 is 5.32 Å². The molecule has 0 radical (unpaired) electrons. The number of aromatic nitrogens is 1. The highest BCUT2D eigenvalue weighted by Crippen LogP contribution is 2.34. The van der Waals surface area contributed by atoms with Crippen LogP contribution in [0, 0.1) is 13.8 Å². The van der Waals surface area contributed by atoms with Gasteiger partial charge in [0.2, 0.25) is 0 Å². The van der Waals surface area contributed by atoms with E-state index in [1.165, 1.54) is 0 Å². The number of anilines is 1. The van der Waals surface area contributed by atoms with Gasteiger partial charge in [0.1, 0.15) is 5.69 Å². The molecule has 1 N–H and O–H groups in total. The Kier molecular flexibility index (Phi) is 2.92. The van der Waals surface area contributed by atoms with Gasteiger partial charge in [0.15, 0.2) is 0 Å². The minimum absolute atomic E-state index is 0.397. The number of aryl methyl sites for hydroxylation is 2. The first-order chi connectivity index (χ1) is 8.34. The molecule has 0 spiro atoms. The summed E-state index contributed by atoms with van der Waals surface area (Å²) in [5, 5.41) is 3.49. The van der Waals surface area contributed by atoms with Crippen LogP contribution in [0.5, 0.6) is 0 Å². The van der Waals surface area contributed by atoms with E-state index < -0.39 is 11.9 Å². The summed E-state index contributed by atoms with van der Waals surface area (Å²) < 4.78 is 38.3. The summed E-state index contributed by atoms with van der Waals surface area (Å²) in [6.45, 7) is 3.64. The zero-order valence-corrected chi connectivity index (χ0v) is 10.3. The van der Waals surface area contributed by atoms with Gasteiger partial charge in [-0.15, -0.1) is 0 Å². The molecule has 1 aromatic heterocycles. The molecule has 0 fully saturated rings. The van der Waals surface area contributed by atoms with Crippen LogP contribution in [0.15, 0.2) is 18.2 Å². The predicted octanol–water partition coefficient (Wildman–Crippen LogP) is 3.91. The molecular weight excluding hydrogens is 241 g/mol. The van der Waals surface area contributed by atoms with Crippen molar-refractivity contribution < 1.29 is 13.2 Å². The SMILES string of the molecule is CNc1cc(C(F)(F)F)nc2c(C)c(C)ccc12. The Morgan fingerprint density at radius 1 is 1.17 bits per heavy atom. The summed E-state index contributed by atoms with van der Waals surface area (Å²) in [5.41, 5.74) is 1.67. The molecule has 2 aromatic rings. The van der Waals surface area contributed by atoms with Crippen molar-refractivity contribution in [3.63, 3.8) is 0 Å². The minimum atomic E-state index is -4.43. The molecule has 0 atom stereocenters. The first-order valence-corrected chi connectivity index (χ1v) is 5.50. The van der Waals surface area contributed by atoms with Crippen molar-refractivity contribution in [3.05, 3.63) is 35.0 Å². The Labute approximate surface area is 103 Å². The fourth-order valence-corrected chi connectivity index (χ4v) is 1.88. The van der Waals surface area contributed by atoms with Crippen LogP contribution >= 0.6 is 0 Å². The van der Waals surface area contributed by atoms with E-state index in [4.69, 9.17) is 0 Å². The topological polar surface area (TPSA) is 24.9 Å². The van der Waals surface area contributed by atoms with Gasteiger partial charge in [-0.2, -0.15) is 13.2 Å². The highest BCUT2D eigenvalue weighted by molar-refractivity contribution is 5.94. The van der Waals surface area contributed by atoms with Crippen LogP contribution in [0.4, 0.5) is 18.9 Å². The lowest BCUT2D eigenvalue weighted by Gasteiger charge is -2.13. The van der Waals surface area contributed by atoms with Gasteiger partial charge < -0.3 is 5.32 Å². The Bertz CT molecular complexity index is 603. The second-order valence-electron chi connectivity index (χ2n) is 4.21. The monoisotopic (exact) mass is 254 g/mol. The predicted molar refractivity (Wildman–Crippen MR) is 65.8 cm³/mol. The fraction of sp³-hybridized carbons (Fsp3) is 0.308. The average Bonchev–Trinajstić information content (AvgIpc) is 2.31. The van der Waals surface area contributed by atoms with Gasteiger partial charge in [-0.05, 0) is 31.0 Å². The van der Waals surface area contributed by atoms with Crippen LogP contribution in [-0.2, 0) is 6.18 Å². The molecule has 18 heavy (non-hydrogen) atoms. The van der Waals surface area contributed by atoms with E-state index in [1.807, 2.05) is 13.0 Å². The van der Waals surface area contributed by atoms with Gasteiger partial charge in [-0.25, -0.2) is 4.98 Å². The third-order valence-corrected chi connectivity index (χ3v) is 3.07. The van der Waals surface area contributed by atoms with Crippen molar-refractivity contribution in [1.82, 2.24) is 4.98 Å². The van der Waals surface area contributed by atoms with Gasteiger partial charge in [0, 0.05) is 18.1 Å². The van der Waals surface area contributed by atoms with E-state index in [-0.39, 0.29) is 0 Å². The molecule has 0 saturated carbocycles. The van der Waals surface area contributed by atoms with E-state index in [2.05, 4.69) is 10.3 Å². The lowest BCUT2D eigenvalue weighted by molar-refractivity contribution is -0.140. The van der Waals surface area contributed by atoms with Crippen molar-refractivity contribution in [2.75, 3.05) is 12.4 Å². The van der Waals surface area contributed by atoms with E-state index in [1.54, 1.807) is 20.0 Å². The van der Waals surface area contributed by atoms with Crippen molar-refractivity contribution in [2.45, 2.75) is 20.0 Å². The molecule has 0 aliphatic heterocycles. The smallest absolute Gasteiger partial charge is 0.388 e. The number of hydrogen-bond acceptors (Lipinski definition) is 2.